The minimum absolute atomic E-state index is 0.230. The Labute approximate surface area is 228 Å². The molecule has 0 spiro atoms. The molecule has 38 heavy (non-hydrogen) atoms. The number of aromatic nitrogens is 1. The van der Waals surface area contributed by atoms with Gasteiger partial charge >= 0.3 is 5.97 Å². The minimum atomic E-state index is -1.15. The number of hydrogen-bond acceptors (Lipinski definition) is 9. The highest BCUT2D eigenvalue weighted by molar-refractivity contribution is 7.98. The molecule has 12 nitrogen and oxygen atoms in total. The molecule has 0 unspecified atom stereocenters. The standard InChI is InChI=1S/C25H43N7O5S/c1-38-14-10-20(24(35)32-21(25(36)37)9-3-5-12-27)31-23(34)19(8-2-4-11-26)30-22(33)18(28)15-17-7-6-13-29-16-17/h6-7,13,16,18-21H,2-5,8-12,14-15,26-28H2,1H3,(H,30,33)(H,31,34)(H,32,35)(H,36,37)/t18-,19-,20-,21-/m0/s1. The van der Waals surface area contributed by atoms with Gasteiger partial charge in [-0.15, -0.1) is 0 Å². The maximum Gasteiger partial charge on any atom is 0.326 e. The average Bonchev–Trinajstić information content (AvgIpc) is 2.90. The van der Waals surface area contributed by atoms with Crippen molar-refractivity contribution in [2.24, 2.45) is 17.2 Å². The molecule has 214 valence electrons. The van der Waals surface area contributed by atoms with Gasteiger partial charge in [0.05, 0.1) is 6.04 Å². The predicted molar refractivity (Wildman–Crippen MR) is 148 cm³/mol. The summed E-state index contributed by atoms with van der Waals surface area (Å²) in [6, 6.07) is -0.336. The number of nitrogens with one attached hydrogen (secondary N) is 3. The molecule has 1 aromatic rings. The number of amides is 3. The Balaban J connectivity index is 2.92. The van der Waals surface area contributed by atoms with E-state index in [-0.39, 0.29) is 19.3 Å². The number of carbonyl (C=O) groups excluding carboxylic acids is 3. The van der Waals surface area contributed by atoms with Crippen LogP contribution < -0.4 is 33.2 Å². The van der Waals surface area contributed by atoms with Crippen molar-refractivity contribution in [3.8, 4) is 0 Å². The van der Waals surface area contributed by atoms with Crippen LogP contribution in [0.5, 0.6) is 0 Å². The first kappa shape index (κ1) is 33.3. The highest BCUT2D eigenvalue weighted by Crippen LogP contribution is 2.08. The van der Waals surface area contributed by atoms with Gasteiger partial charge in [0.15, 0.2) is 0 Å². The van der Waals surface area contributed by atoms with E-state index in [1.807, 2.05) is 6.26 Å². The first-order valence-corrected chi connectivity index (χ1v) is 14.3. The van der Waals surface area contributed by atoms with Crippen LogP contribution in [0, 0.1) is 0 Å². The topological polar surface area (TPSA) is 216 Å². The molecule has 0 aromatic carbocycles. The number of nitrogens with zero attached hydrogens (tertiary/aromatic N) is 1. The monoisotopic (exact) mass is 553 g/mol. The molecular formula is C25H43N7O5S. The summed E-state index contributed by atoms with van der Waals surface area (Å²) >= 11 is 1.49. The molecule has 0 fully saturated rings. The molecule has 0 aliphatic rings. The van der Waals surface area contributed by atoms with E-state index in [1.165, 1.54) is 11.8 Å². The van der Waals surface area contributed by atoms with E-state index < -0.39 is 47.9 Å². The fraction of sp³-hybridized carbons (Fsp3) is 0.640. The zero-order valence-electron chi connectivity index (χ0n) is 22.1. The van der Waals surface area contributed by atoms with Crippen LogP contribution in [0.3, 0.4) is 0 Å². The van der Waals surface area contributed by atoms with E-state index >= 15 is 0 Å². The third-order valence-corrected chi connectivity index (χ3v) is 6.54. The van der Waals surface area contributed by atoms with Gasteiger partial charge in [-0.2, -0.15) is 11.8 Å². The van der Waals surface area contributed by atoms with Crippen molar-refractivity contribution in [2.75, 3.05) is 25.1 Å². The van der Waals surface area contributed by atoms with Crippen LogP contribution in [-0.2, 0) is 25.6 Å². The van der Waals surface area contributed by atoms with Crippen molar-refractivity contribution in [3.05, 3.63) is 30.1 Å². The summed E-state index contributed by atoms with van der Waals surface area (Å²) in [6.45, 7) is 0.859. The first-order valence-electron chi connectivity index (χ1n) is 12.9. The van der Waals surface area contributed by atoms with Crippen molar-refractivity contribution in [1.82, 2.24) is 20.9 Å². The molecular weight excluding hydrogens is 510 g/mol. The quantitative estimate of drug-likeness (QED) is 0.103. The van der Waals surface area contributed by atoms with Crippen LogP contribution >= 0.6 is 11.8 Å². The molecule has 0 radical (unpaired) electrons. The van der Waals surface area contributed by atoms with Crippen LogP contribution in [0.15, 0.2) is 24.5 Å². The van der Waals surface area contributed by atoms with E-state index in [9.17, 15) is 24.3 Å². The number of aliphatic carboxylic acids is 1. The molecule has 0 saturated heterocycles. The molecule has 1 rings (SSSR count). The number of pyridine rings is 1. The van der Waals surface area contributed by atoms with Crippen molar-refractivity contribution < 1.29 is 24.3 Å². The SMILES string of the molecule is CSCC[C@H](NC(=O)[C@H](CCCCN)NC(=O)[C@@H](N)Cc1cccnc1)C(=O)N[C@@H](CCCCN)C(=O)O. The molecule has 0 aliphatic carbocycles. The molecule has 0 saturated carbocycles. The lowest BCUT2D eigenvalue weighted by molar-refractivity contribution is -0.142. The average molecular weight is 554 g/mol. The third kappa shape index (κ3) is 13.2. The number of carbonyl (C=O) groups is 4. The van der Waals surface area contributed by atoms with Gasteiger partial charge in [-0.1, -0.05) is 6.07 Å². The molecule has 0 bridgehead atoms. The summed E-state index contributed by atoms with van der Waals surface area (Å²) in [6.07, 6.45) is 8.60. The number of unbranched alkanes of at least 4 members (excludes halogenated alkanes) is 2. The van der Waals surface area contributed by atoms with Crippen molar-refractivity contribution >= 4 is 35.5 Å². The highest BCUT2D eigenvalue weighted by atomic mass is 32.2. The van der Waals surface area contributed by atoms with Gasteiger partial charge in [0.1, 0.15) is 18.1 Å². The summed E-state index contributed by atoms with van der Waals surface area (Å²) in [7, 11) is 0. The van der Waals surface area contributed by atoms with Gasteiger partial charge in [0, 0.05) is 12.4 Å². The summed E-state index contributed by atoms with van der Waals surface area (Å²) in [5.41, 5.74) is 17.9. The molecule has 1 aromatic heterocycles. The van der Waals surface area contributed by atoms with Gasteiger partial charge in [0.25, 0.3) is 0 Å². The number of thioether (sulfide) groups is 1. The van der Waals surface area contributed by atoms with E-state index in [0.29, 0.717) is 50.9 Å². The van der Waals surface area contributed by atoms with Gasteiger partial charge < -0.3 is 38.3 Å². The number of carboxylic acids is 1. The lowest BCUT2D eigenvalue weighted by Gasteiger charge is -2.25. The summed E-state index contributed by atoms with van der Waals surface area (Å²) in [5, 5.41) is 17.5. The molecule has 1 heterocycles. The lowest BCUT2D eigenvalue weighted by atomic mass is 10.0. The van der Waals surface area contributed by atoms with Crippen LogP contribution in [-0.4, -0.2) is 83.0 Å². The van der Waals surface area contributed by atoms with Crippen molar-refractivity contribution in [1.29, 1.82) is 0 Å². The van der Waals surface area contributed by atoms with Crippen LogP contribution in [0.25, 0.3) is 0 Å². The number of rotatable bonds is 20. The van der Waals surface area contributed by atoms with E-state index in [4.69, 9.17) is 17.2 Å². The molecule has 3 amide bonds. The lowest BCUT2D eigenvalue weighted by Crippen LogP contribution is -2.57. The molecule has 10 N–H and O–H groups in total. The Morgan fingerprint density at radius 2 is 1.45 bits per heavy atom. The predicted octanol–water partition coefficient (Wildman–Crippen LogP) is -0.498. The van der Waals surface area contributed by atoms with Gasteiger partial charge in [-0.05, 0) is 88.1 Å². The second-order valence-corrected chi connectivity index (χ2v) is 10.0. The zero-order valence-corrected chi connectivity index (χ0v) is 22.9. The fourth-order valence-electron chi connectivity index (χ4n) is 3.71. The Bertz CT molecular complexity index is 862. The molecule has 13 heteroatoms. The third-order valence-electron chi connectivity index (χ3n) is 5.90. The van der Waals surface area contributed by atoms with E-state index in [2.05, 4.69) is 20.9 Å². The van der Waals surface area contributed by atoms with Crippen LogP contribution in [0.1, 0.15) is 50.5 Å². The largest absolute Gasteiger partial charge is 0.480 e. The van der Waals surface area contributed by atoms with Crippen molar-refractivity contribution in [3.63, 3.8) is 0 Å². The second kappa shape index (κ2) is 19.3. The summed E-state index contributed by atoms with van der Waals surface area (Å²) < 4.78 is 0. The number of hydrogen-bond donors (Lipinski definition) is 7. The second-order valence-electron chi connectivity index (χ2n) is 9.04. The Morgan fingerprint density at radius 1 is 0.895 bits per heavy atom. The van der Waals surface area contributed by atoms with Crippen LogP contribution in [0.2, 0.25) is 0 Å². The van der Waals surface area contributed by atoms with Crippen LogP contribution in [0.4, 0.5) is 0 Å². The van der Waals surface area contributed by atoms with Crippen molar-refractivity contribution in [2.45, 2.75) is 75.5 Å². The maximum absolute atomic E-state index is 13.2. The number of carboxylic acid groups (broad SMARTS) is 1. The first-order chi connectivity index (χ1) is 18.2. The van der Waals surface area contributed by atoms with Gasteiger partial charge in [-0.25, -0.2) is 4.79 Å². The Morgan fingerprint density at radius 3 is 1.97 bits per heavy atom. The zero-order chi connectivity index (χ0) is 28.3. The molecule has 4 atom stereocenters. The number of nitrogens with two attached hydrogens (primary N) is 3. The normalized spacial score (nSPS) is 14.1. The smallest absolute Gasteiger partial charge is 0.326 e. The minimum Gasteiger partial charge on any atom is -0.480 e. The molecule has 0 aliphatic heterocycles. The summed E-state index contributed by atoms with van der Waals surface area (Å²) in [5.74, 6) is -2.23. The Kier molecular flexibility index (Phi) is 16.9. The Hall–Kier alpha value is -2.74. The van der Waals surface area contributed by atoms with E-state index in [0.717, 1.165) is 5.56 Å². The van der Waals surface area contributed by atoms with Gasteiger partial charge in [0.2, 0.25) is 17.7 Å². The highest BCUT2D eigenvalue weighted by Gasteiger charge is 2.30. The maximum atomic E-state index is 13.2. The fourth-order valence-corrected chi connectivity index (χ4v) is 4.18. The summed E-state index contributed by atoms with van der Waals surface area (Å²) in [4.78, 5) is 54.7. The van der Waals surface area contributed by atoms with E-state index in [1.54, 1.807) is 24.5 Å². The van der Waals surface area contributed by atoms with Gasteiger partial charge in [-0.3, -0.25) is 19.4 Å².